The SMILES string of the molecule is CC(CCC(C)(C)C)[C@@H](C)[C@@H](C#N)[C@@H](C)CC#N. The third kappa shape index (κ3) is 6.06. The number of nitrogens with zero attached hydrogens (tertiary/aromatic N) is 2. The largest absolute Gasteiger partial charge is 0.198 e. The summed E-state index contributed by atoms with van der Waals surface area (Å²) in [5.41, 5.74) is 0.356. The van der Waals surface area contributed by atoms with Crippen molar-refractivity contribution in [2.45, 2.75) is 60.8 Å². The Morgan fingerprint density at radius 2 is 1.56 bits per heavy atom. The van der Waals surface area contributed by atoms with Gasteiger partial charge in [-0.05, 0) is 36.0 Å². The molecule has 0 spiro atoms. The first-order chi connectivity index (χ1) is 8.22. The Balaban J connectivity index is 4.47. The molecule has 0 aromatic heterocycles. The Kier molecular flexibility index (Phi) is 7.00. The minimum atomic E-state index is -0.000353. The van der Waals surface area contributed by atoms with Gasteiger partial charge in [-0.25, -0.2) is 0 Å². The molecule has 102 valence electrons. The van der Waals surface area contributed by atoms with Gasteiger partial charge in [0.15, 0.2) is 0 Å². The van der Waals surface area contributed by atoms with Crippen LogP contribution in [0.1, 0.15) is 60.8 Å². The first-order valence-corrected chi connectivity index (χ1v) is 6.99. The predicted octanol–water partition coefficient (Wildman–Crippen LogP) is 4.77. The molecular weight excluding hydrogens is 220 g/mol. The fourth-order valence-corrected chi connectivity index (χ4v) is 2.31. The molecule has 4 atom stereocenters. The molecule has 0 amide bonds. The minimum absolute atomic E-state index is 0.000353. The summed E-state index contributed by atoms with van der Waals surface area (Å²) in [7, 11) is 0. The van der Waals surface area contributed by atoms with Crippen LogP contribution in [0, 0.1) is 51.7 Å². The van der Waals surface area contributed by atoms with Crippen LogP contribution in [0.2, 0.25) is 0 Å². The van der Waals surface area contributed by atoms with Crippen molar-refractivity contribution in [1.29, 1.82) is 10.5 Å². The van der Waals surface area contributed by atoms with E-state index in [9.17, 15) is 5.26 Å². The Morgan fingerprint density at radius 3 is 1.94 bits per heavy atom. The number of nitriles is 2. The molecule has 0 aromatic carbocycles. The summed E-state index contributed by atoms with van der Waals surface area (Å²) in [5, 5.41) is 18.1. The van der Waals surface area contributed by atoms with Gasteiger partial charge < -0.3 is 0 Å². The van der Waals surface area contributed by atoms with E-state index in [0.717, 1.165) is 6.42 Å². The van der Waals surface area contributed by atoms with Crippen LogP contribution in [-0.4, -0.2) is 0 Å². The highest BCUT2D eigenvalue weighted by Gasteiger charge is 2.28. The second-order valence-electron chi connectivity index (χ2n) is 6.93. The summed E-state index contributed by atoms with van der Waals surface area (Å²) in [5.74, 6) is 1.07. The molecule has 0 bridgehead atoms. The third-order valence-electron chi connectivity index (χ3n) is 3.99. The second kappa shape index (κ2) is 7.42. The average molecular weight is 248 g/mol. The van der Waals surface area contributed by atoms with E-state index in [1.807, 2.05) is 6.92 Å². The highest BCUT2D eigenvalue weighted by Crippen LogP contribution is 2.33. The van der Waals surface area contributed by atoms with Gasteiger partial charge >= 0.3 is 0 Å². The first kappa shape index (κ1) is 17.0. The molecule has 18 heavy (non-hydrogen) atoms. The van der Waals surface area contributed by atoms with Crippen molar-refractivity contribution in [3.05, 3.63) is 0 Å². The second-order valence-corrected chi connectivity index (χ2v) is 6.93. The van der Waals surface area contributed by atoms with Gasteiger partial charge in [0.2, 0.25) is 0 Å². The summed E-state index contributed by atoms with van der Waals surface area (Å²) in [6.45, 7) is 13.2. The Morgan fingerprint density at radius 1 is 1.00 bits per heavy atom. The van der Waals surface area contributed by atoms with Crippen LogP contribution in [0.3, 0.4) is 0 Å². The van der Waals surface area contributed by atoms with Crippen molar-refractivity contribution in [1.82, 2.24) is 0 Å². The molecule has 2 heteroatoms. The zero-order valence-electron chi connectivity index (χ0n) is 12.8. The zero-order valence-corrected chi connectivity index (χ0v) is 12.8. The van der Waals surface area contributed by atoms with Gasteiger partial charge in [-0.2, -0.15) is 10.5 Å². The molecule has 0 heterocycles. The van der Waals surface area contributed by atoms with Crippen molar-refractivity contribution < 1.29 is 0 Å². The van der Waals surface area contributed by atoms with Gasteiger partial charge in [0.1, 0.15) is 0 Å². The van der Waals surface area contributed by atoms with Crippen molar-refractivity contribution in [2.24, 2.45) is 29.1 Å². The maximum absolute atomic E-state index is 9.31. The maximum atomic E-state index is 9.31. The zero-order chi connectivity index (χ0) is 14.3. The van der Waals surface area contributed by atoms with Gasteiger partial charge in [-0.3, -0.25) is 0 Å². The topological polar surface area (TPSA) is 47.6 Å². The van der Waals surface area contributed by atoms with Gasteiger partial charge in [0.05, 0.1) is 18.1 Å². The first-order valence-electron chi connectivity index (χ1n) is 6.99. The van der Waals surface area contributed by atoms with Crippen LogP contribution >= 0.6 is 0 Å². The standard InChI is InChI=1S/C16H28N2/c1-12(7-9-16(4,5)6)14(3)15(11-18)13(2)8-10-17/h12-15H,7-9H2,1-6H3/t12?,13-,14+,15-/m0/s1. The predicted molar refractivity (Wildman–Crippen MR) is 75.5 cm³/mol. The van der Waals surface area contributed by atoms with E-state index >= 15 is 0 Å². The van der Waals surface area contributed by atoms with E-state index in [1.54, 1.807) is 0 Å². The summed E-state index contributed by atoms with van der Waals surface area (Å²) in [6, 6.07) is 4.59. The lowest BCUT2D eigenvalue weighted by atomic mass is 9.74. The van der Waals surface area contributed by atoms with Crippen LogP contribution in [0.5, 0.6) is 0 Å². The molecule has 0 saturated heterocycles. The van der Waals surface area contributed by atoms with Gasteiger partial charge in [0.25, 0.3) is 0 Å². The average Bonchev–Trinajstić information content (AvgIpc) is 2.26. The normalized spacial score (nSPS) is 18.2. The smallest absolute Gasteiger partial charge is 0.0661 e. The van der Waals surface area contributed by atoms with E-state index in [2.05, 4.69) is 46.8 Å². The Labute approximate surface area is 113 Å². The summed E-state index contributed by atoms with van der Waals surface area (Å²) >= 11 is 0. The van der Waals surface area contributed by atoms with Crippen molar-refractivity contribution in [2.75, 3.05) is 0 Å². The molecule has 0 saturated carbocycles. The summed E-state index contributed by atoms with van der Waals surface area (Å²) in [6.07, 6.45) is 2.82. The van der Waals surface area contributed by atoms with Crippen LogP contribution in [0.15, 0.2) is 0 Å². The minimum Gasteiger partial charge on any atom is -0.198 e. The molecule has 0 rings (SSSR count). The van der Waals surface area contributed by atoms with Gasteiger partial charge in [-0.1, -0.05) is 41.5 Å². The third-order valence-corrected chi connectivity index (χ3v) is 3.99. The number of hydrogen-bond acceptors (Lipinski definition) is 2. The molecule has 0 aliphatic carbocycles. The van der Waals surface area contributed by atoms with E-state index in [1.165, 1.54) is 6.42 Å². The molecular formula is C16H28N2. The van der Waals surface area contributed by atoms with Crippen LogP contribution < -0.4 is 0 Å². The maximum Gasteiger partial charge on any atom is 0.0661 e. The molecule has 0 aliphatic rings. The lowest BCUT2D eigenvalue weighted by Crippen LogP contribution is -2.24. The van der Waals surface area contributed by atoms with Crippen molar-refractivity contribution >= 4 is 0 Å². The molecule has 0 aliphatic heterocycles. The van der Waals surface area contributed by atoms with Gasteiger partial charge in [-0.15, -0.1) is 0 Å². The highest BCUT2D eigenvalue weighted by atomic mass is 14.4. The van der Waals surface area contributed by atoms with E-state index in [0.29, 0.717) is 23.7 Å². The van der Waals surface area contributed by atoms with Gasteiger partial charge in [0, 0.05) is 6.42 Å². The van der Waals surface area contributed by atoms with Crippen LogP contribution in [0.25, 0.3) is 0 Å². The fraction of sp³-hybridized carbons (Fsp3) is 0.875. The van der Waals surface area contributed by atoms with Crippen molar-refractivity contribution in [3.8, 4) is 12.1 Å². The highest BCUT2D eigenvalue weighted by molar-refractivity contribution is 4.94. The molecule has 2 nitrogen and oxygen atoms in total. The monoisotopic (exact) mass is 248 g/mol. The Bertz CT molecular complexity index is 313. The number of rotatable bonds is 6. The lowest BCUT2D eigenvalue weighted by Gasteiger charge is -2.29. The van der Waals surface area contributed by atoms with Crippen molar-refractivity contribution in [3.63, 3.8) is 0 Å². The Hall–Kier alpha value is -1.02. The molecule has 1 unspecified atom stereocenters. The molecule has 0 radical (unpaired) electrons. The fourth-order valence-electron chi connectivity index (χ4n) is 2.31. The van der Waals surface area contributed by atoms with Crippen LogP contribution in [0.4, 0.5) is 0 Å². The van der Waals surface area contributed by atoms with E-state index in [-0.39, 0.29) is 11.8 Å². The lowest BCUT2D eigenvalue weighted by molar-refractivity contribution is 0.214. The van der Waals surface area contributed by atoms with E-state index < -0.39 is 0 Å². The summed E-state index contributed by atoms with van der Waals surface area (Å²) in [4.78, 5) is 0. The number of hydrogen-bond donors (Lipinski definition) is 0. The summed E-state index contributed by atoms with van der Waals surface area (Å²) < 4.78 is 0. The van der Waals surface area contributed by atoms with Crippen LogP contribution in [-0.2, 0) is 0 Å². The molecule has 0 N–H and O–H groups in total. The molecule has 0 fully saturated rings. The quantitative estimate of drug-likeness (QED) is 0.679. The molecule has 0 aromatic rings. The van der Waals surface area contributed by atoms with E-state index in [4.69, 9.17) is 5.26 Å².